The number of pyridine rings is 2. The van der Waals surface area contributed by atoms with Gasteiger partial charge in [-0.3, -0.25) is 4.79 Å². The van der Waals surface area contributed by atoms with Crippen LogP contribution >= 0.6 is 0 Å². The van der Waals surface area contributed by atoms with Crippen molar-refractivity contribution in [1.29, 1.82) is 0 Å². The summed E-state index contributed by atoms with van der Waals surface area (Å²) in [6.45, 7) is 3.21. The number of aromatic hydroxyl groups is 1. The summed E-state index contributed by atoms with van der Waals surface area (Å²) in [5, 5.41) is 9.74. The molecule has 0 bridgehead atoms. The van der Waals surface area contributed by atoms with Crippen molar-refractivity contribution in [2.75, 3.05) is 25.9 Å². The molecule has 138 valence electrons. The number of aryl methyl sites for hydroxylation is 1. The number of ether oxygens (including phenoxy) is 1. The van der Waals surface area contributed by atoms with E-state index >= 15 is 0 Å². The Kier molecular flexibility index (Phi) is 5.25. The lowest BCUT2D eigenvalue weighted by atomic mass is 9.89. The molecule has 3 N–H and O–H groups in total. The average molecular weight is 356 g/mol. The molecule has 0 unspecified atom stereocenters. The molecule has 0 aromatic carbocycles. The van der Waals surface area contributed by atoms with Gasteiger partial charge < -0.3 is 20.5 Å². The zero-order valence-electron chi connectivity index (χ0n) is 15.1. The van der Waals surface area contributed by atoms with Gasteiger partial charge in [0.1, 0.15) is 23.0 Å². The molecule has 1 aliphatic rings. The lowest BCUT2D eigenvalue weighted by Gasteiger charge is -2.32. The number of carbonyl (C=O) groups excluding carboxylic acids is 1. The highest BCUT2D eigenvalue weighted by molar-refractivity contribution is 5.92. The number of rotatable bonds is 4. The summed E-state index contributed by atoms with van der Waals surface area (Å²) in [4.78, 5) is 22.8. The molecule has 0 saturated carbocycles. The molecule has 3 rings (SSSR count). The minimum absolute atomic E-state index is 0.0967. The Morgan fingerprint density at radius 3 is 2.69 bits per heavy atom. The van der Waals surface area contributed by atoms with Gasteiger partial charge in [0.05, 0.1) is 13.3 Å². The van der Waals surface area contributed by atoms with Crippen molar-refractivity contribution in [2.24, 2.45) is 0 Å². The van der Waals surface area contributed by atoms with Crippen LogP contribution in [0.2, 0.25) is 0 Å². The van der Waals surface area contributed by atoms with Gasteiger partial charge in [0.2, 0.25) is 0 Å². The maximum atomic E-state index is 12.7. The van der Waals surface area contributed by atoms with E-state index in [1.54, 1.807) is 25.4 Å². The van der Waals surface area contributed by atoms with E-state index in [9.17, 15) is 9.90 Å². The Hall–Kier alpha value is -2.83. The summed E-state index contributed by atoms with van der Waals surface area (Å²) in [6.07, 6.45) is 5.43. The van der Waals surface area contributed by atoms with E-state index in [2.05, 4.69) is 9.97 Å². The predicted molar refractivity (Wildman–Crippen MR) is 98.4 cm³/mol. The first kappa shape index (κ1) is 18.0. The van der Waals surface area contributed by atoms with Gasteiger partial charge in [-0.05, 0) is 36.8 Å². The van der Waals surface area contributed by atoms with Gasteiger partial charge in [-0.15, -0.1) is 0 Å². The van der Waals surface area contributed by atoms with Crippen LogP contribution in [0.4, 0.5) is 5.82 Å². The predicted octanol–water partition coefficient (Wildman–Crippen LogP) is 2.36. The molecule has 1 fully saturated rings. The molecule has 0 aliphatic carbocycles. The number of nitrogens with two attached hydrogens (primary N) is 1. The number of aromatic nitrogens is 2. The second kappa shape index (κ2) is 7.59. The summed E-state index contributed by atoms with van der Waals surface area (Å²) in [7, 11) is 1.62. The number of carbonyl (C=O) groups is 1. The van der Waals surface area contributed by atoms with Crippen LogP contribution < -0.4 is 10.5 Å². The van der Waals surface area contributed by atoms with Gasteiger partial charge in [-0.2, -0.15) is 0 Å². The molecule has 26 heavy (non-hydrogen) atoms. The van der Waals surface area contributed by atoms with Crippen molar-refractivity contribution in [3.05, 3.63) is 41.3 Å². The minimum Gasteiger partial charge on any atom is -0.506 e. The highest BCUT2D eigenvalue weighted by Gasteiger charge is 2.27. The Morgan fingerprint density at radius 2 is 2.04 bits per heavy atom. The zero-order chi connectivity index (χ0) is 18.7. The fourth-order valence-electron chi connectivity index (χ4n) is 3.39. The highest BCUT2D eigenvalue weighted by Crippen LogP contribution is 2.34. The summed E-state index contributed by atoms with van der Waals surface area (Å²) < 4.78 is 5.43. The third-order valence-electron chi connectivity index (χ3n) is 4.92. The Bertz CT molecular complexity index is 801. The van der Waals surface area contributed by atoms with E-state index in [-0.39, 0.29) is 17.6 Å². The summed E-state index contributed by atoms with van der Waals surface area (Å²) >= 11 is 0. The van der Waals surface area contributed by atoms with Gasteiger partial charge >= 0.3 is 0 Å². The van der Waals surface area contributed by atoms with Crippen molar-refractivity contribution in [3.63, 3.8) is 0 Å². The number of nitrogen functional groups attached to an aromatic ring is 1. The number of hydrogen-bond acceptors (Lipinski definition) is 6. The monoisotopic (exact) mass is 356 g/mol. The highest BCUT2D eigenvalue weighted by atomic mass is 16.5. The van der Waals surface area contributed by atoms with E-state index in [4.69, 9.17) is 10.5 Å². The molecule has 2 aromatic heterocycles. The number of hydrogen-bond donors (Lipinski definition) is 2. The van der Waals surface area contributed by atoms with Crippen molar-refractivity contribution >= 4 is 11.7 Å². The molecule has 0 spiro atoms. The molecule has 7 heteroatoms. The molecule has 1 amide bonds. The van der Waals surface area contributed by atoms with Crippen LogP contribution in [-0.4, -0.2) is 46.1 Å². The topological polar surface area (TPSA) is 102 Å². The fourth-order valence-corrected chi connectivity index (χ4v) is 3.39. The van der Waals surface area contributed by atoms with Crippen molar-refractivity contribution in [2.45, 2.75) is 32.1 Å². The second-order valence-corrected chi connectivity index (χ2v) is 6.47. The van der Waals surface area contributed by atoms with E-state index in [0.29, 0.717) is 31.0 Å². The van der Waals surface area contributed by atoms with Crippen molar-refractivity contribution in [3.8, 4) is 11.5 Å². The van der Waals surface area contributed by atoms with Crippen LogP contribution in [0.1, 0.15) is 47.3 Å². The largest absolute Gasteiger partial charge is 0.506 e. The molecule has 3 heterocycles. The summed E-state index contributed by atoms with van der Waals surface area (Å²) in [5.41, 5.74) is 7.87. The van der Waals surface area contributed by atoms with Gasteiger partial charge in [-0.25, -0.2) is 9.97 Å². The summed E-state index contributed by atoms with van der Waals surface area (Å²) in [5.74, 6) is 1.49. The van der Waals surface area contributed by atoms with Crippen LogP contribution in [0.5, 0.6) is 11.5 Å². The van der Waals surface area contributed by atoms with E-state index in [0.717, 1.165) is 29.7 Å². The summed E-state index contributed by atoms with van der Waals surface area (Å²) in [6, 6.07) is 3.41. The first-order valence-electron chi connectivity index (χ1n) is 8.80. The van der Waals surface area contributed by atoms with Crippen LogP contribution in [0.3, 0.4) is 0 Å². The van der Waals surface area contributed by atoms with Crippen molar-refractivity contribution < 1.29 is 14.6 Å². The lowest BCUT2D eigenvalue weighted by Crippen LogP contribution is -2.38. The fraction of sp³-hybridized carbons (Fsp3) is 0.421. The number of piperidine rings is 1. The number of anilines is 1. The second-order valence-electron chi connectivity index (χ2n) is 6.47. The lowest BCUT2D eigenvalue weighted by molar-refractivity contribution is 0.0706. The number of amides is 1. The van der Waals surface area contributed by atoms with Gasteiger partial charge in [0.15, 0.2) is 0 Å². The molecule has 7 nitrogen and oxygen atoms in total. The van der Waals surface area contributed by atoms with E-state index in [1.165, 1.54) is 6.20 Å². The molecule has 0 atom stereocenters. The molecule has 1 saturated heterocycles. The van der Waals surface area contributed by atoms with Gasteiger partial charge in [-0.1, -0.05) is 6.92 Å². The van der Waals surface area contributed by atoms with Crippen LogP contribution in [0.15, 0.2) is 24.5 Å². The first-order valence-corrected chi connectivity index (χ1v) is 8.80. The van der Waals surface area contributed by atoms with Crippen LogP contribution in [0, 0.1) is 0 Å². The normalized spacial score (nSPS) is 15.1. The van der Waals surface area contributed by atoms with E-state index < -0.39 is 0 Å². The Balaban J connectivity index is 1.69. The third kappa shape index (κ3) is 3.56. The quantitative estimate of drug-likeness (QED) is 0.872. The zero-order valence-corrected chi connectivity index (χ0v) is 15.1. The maximum Gasteiger partial charge on any atom is 0.272 e. The van der Waals surface area contributed by atoms with Crippen LogP contribution in [-0.2, 0) is 6.42 Å². The first-order chi connectivity index (χ1) is 12.5. The average Bonchev–Trinajstić information content (AvgIpc) is 2.68. The van der Waals surface area contributed by atoms with Gasteiger partial charge in [0, 0.05) is 30.9 Å². The van der Waals surface area contributed by atoms with Crippen LogP contribution in [0.25, 0.3) is 0 Å². The third-order valence-corrected chi connectivity index (χ3v) is 4.92. The molecule has 2 aromatic rings. The minimum atomic E-state index is -0.0967. The molecular formula is C19H24N4O3. The van der Waals surface area contributed by atoms with Crippen molar-refractivity contribution in [1.82, 2.24) is 14.9 Å². The maximum absolute atomic E-state index is 12.7. The standard InChI is InChI=1S/C19H24N4O3/c1-3-12-8-15(21-11-16(12)24)19(25)23-6-4-13(5-7-23)14-10-22-18(20)9-17(14)26-2/h8-11,13,24H,3-7H2,1-2H3,(H2,20,22). The molecular weight excluding hydrogens is 332 g/mol. The number of methoxy groups -OCH3 is 1. The van der Waals surface area contributed by atoms with Gasteiger partial charge in [0.25, 0.3) is 5.91 Å². The molecule has 1 aliphatic heterocycles. The number of nitrogens with zero attached hydrogens (tertiary/aromatic N) is 3. The Morgan fingerprint density at radius 1 is 1.31 bits per heavy atom. The SMILES string of the molecule is CCc1cc(C(=O)N2CCC(c3cnc(N)cc3OC)CC2)ncc1O. The Labute approximate surface area is 152 Å². The molecule has 0 radical (unpaired) electrons. The number of likely N-dealkylation sites (tertiary alicyclic amines) is 1. The smallest absolute Gasteiger partial charge is 0.272 e. The van der Waals surface area contributed by atoms with E-state index in [1.807, 2.05) is 11.8 Å².